The van der Waals surface area contributed by atoms with Crippen LogP contribution in [0.3, 0.4) is 0 Å². The minimum atomic E-state index is -0.148. The van der Waals surface area contributed by atoms with E-state index in [4.69, 9.17) is 9.47 Å². The number of morpholine rings is 1. The first-order chi connectivity index (χ1) is 11.4. The zero-order chi connectivity index (χ0) is 17.3. The van der Waals surface area contributed by atoms with Gasteiger partial charge in [0, 0.05) is 45.9 Å². The minimum Gasteiger partial charge on any atom is -0.378 e. The van der Waals surface area contributed by atoms with Gasteiger partial charge in [-0.15, -0.1) is 0 Å². The first kappa shape index (κ1) is 17.4. The molecule has 0 radical (unpaired) electrons. The molecule has 3 saturated heterocycles. The van der Waals surface area contributed by atoms with E-state index in [-0.39, 0.29) is 36.2 Å². The van der Waals surface area contributed by atoms with E-state index in [0.717, 1.165) is 6.54 Å². The fourth-order valence-corrected chi connectivity index (χ4v) is 4.03. The molecule has 0 bridgehead atoms. The number of fused-ring (bicyclic) bond motifs is 2. The number of hydrogen-bond acceptors (Lipinski definition) is 5. The van der Waals surface area contributed by atoms with Crippen molar-refractivity contribution in [2.75, 3.05) is 59.7 Å². The number of rotatable bonds is 3. The summed E-state index contributed by atoms with van der Waals surface area (Å²) in [4.78, 5) is 30.7. The van der Waals surface area contributed by atoms with E-state index in [1.54, 1.807) is 0 Å². The lowest BCUT2D eigenvalue weighted by Gasteiger charge is -2.63. The molecule has 3 rings (SSSR count). The number of ether oxygens (including phenoxy) is 2. The molecule has 24 heavy (non-hydrogen) atoms. The lowest BCUT2D eigenvalue weighted by molar-refractivity contribution is -0.170. The Morgan fingerprint density at radius 1 is 1.29 bits per heavy atom. The number of carbonyl (C=O) groups excluding carboxylic acids is 2. The number of urea groups is 1. The summed E-state index contributed by atoms with van der Waals surface area (Å²) in [5, 5.41) is 2.94. The standard InChI is InChI=1S/C16H28N4O4/c1-12(2)17-15(22)19-10-16(11-19)9-18(14(21)8-23-3)6-13-7-24-5-4-20(13)16/h12-13H,4-11H2,1-3H3,(H,17,22). The van der Waals surface area contributed by atoms with Crippen molar-refractivity contribution in [3.8, 4) is 0 Å². The Balaban J connectivity index is 1.70. The van der Waals surface area contributed by atoms with Crippen molar-refractivity contribution in [1.82, 2.24) is 20.0 Å². The Bertz CT molecular complexity index is 492. The van der Waals surface area contributed by atoms with Gasteiger partial charge < -0.3 is 24.6 Å². The van der Waals surface area contributed by atoms with Crippen LogP contribution in [0.4, 0.5) is 4.79 Å². The van der Waals surface area contributed by atoms with Gasteiger partial charge in [-0.2, -0.15) is 0 Å². The quantitative estimate of drug-likeness (QED) is 0.739. The average Bonchev–Trinajstić information content (AvgIpc) is 2.51. The smallest absolute Gasteiger partial charge is 0.317 e. The highest BCUT2D eigenvalue weighted by Gasteiger charge is 2.56. The third-order valence-electron chi connectivity index (χ3n) is 5.04. The van der Waals surface area contributed by atoms with Crippen molar-refractivity contribution in [3.63, 3.8) is 0 Å². The second-order valence-electron chi connectivity index (χ2n) is 7.31. The van der Waals surface area contributed by atoms with Crippen molar-refractivity contribution in [2.24, 2.45) is 0 Å². The van der Waals surface area contributed by atoms with Crippen LogP contribution in [0.25, 0.3) is 0 Å². The molecule has 0 saturated carbocycles. The molecule has 3 aliphatic rings. The van der Waals surface area contributed by atoms with E-state index in [9.17, 15) is 9.59 Å². The van der Waals surface area contributed by atoms with Gasteiger partial charge in [0.15, 0.2) is 0 Å². The van der Waals surface area contributed by atoms with Gasteiger partial charge in [0.25, 0.3) is 0 Å². The summed E-state index contributed by atoms with van der Waals surface area (Å²) in [6.07, 6.45) is 0. The second kappa shape index (κ2) is 6.85. The molecule has 0 aromatic rings. The van der Waals surface area contributed by atoms with Gasteiger partial charge in [0.05, 0.1) is 24.8 Å². The maximum atomic E-state index is 12.3. The number of methoxy groups -OCH3 is 1. The van der Waals surface area contributed by atoms with Crippen molar-refractivity contribution < 1.29 is 19.1 Å². The molecule has 3 amide bonds. The predicted octanol–water partition coefficient (Wildman–Crippen LogP) is -0.652. The summed E-state index contributed by atoms with van der Waals surface area (Å²) in [5.74, 6) is 0.00665. The highest BCUT2D eigenvalue weighted by molar-refractivity contribution is 5.78. The Labute approximate surface area is 143 Å². The maximum absolute atomic E-state index is 12.3. The van der Waals surface area contributed by atoms with Crippen LogP contribution in [0.5, 0.6) is 0 Å². The molecule has 8 heteroatoms. The van der Waals surface area contributed by atoms with Crippen LogP contribution in [0.2, 0.25) is 0 Å². The SMILES string of the molecule is COCC(=O)N1CC2COCCN2C2(C1)CN(C(=O)NC(C)C)C2. The third-order valence-corrected chi connectivity index (χ3v) is 5.04. The van der Waals surface area contributed by atoms with E-state index in [1.165, 1.54) is 7.11 Å². The van der Waals surface area contributed by atoms with Gasteiger partial charge in [-0.05, 0) is 13.8 Å². The summed E-state index contributed by atoms with van der Waals surface area (Å²) >= 11 is 0. The summed E-state index contributed by atoms with van der Waals surface area (Å²) < 4.78 is 10.6. The second-order valence-corrected chi connectivity index (χ2v) is 7.31. The zero-order valence-electron chi connectivity index (χ0n) is 14.8. The molecule has 1 N–H and O–H groups in total. The number of carbonyl (C=O) groups is 2. The molecular formula is C16H28N4O4. The van der Waals surface area contributed by atoms with Gasteiger partial charge in [0.2, 0.25) is 5.91 Å². The summed E-state index contributed by atoms with van der Waals surface area (Å²) in [6.45, 7) is 8.84. The van der Waals surface area contributed by atoms with Gasteiger partial charge in [-0.3, -0.25) is 9.69 Å². The van der Waals surface area contributed by atoms with Crippen molar-refractivity contribution in [3.05, 3.63) is 0 Å². The van der Waals surface area contributed by atoms with Crippen molar-refractivity contribution >= 4 is 11.9 Å². The van der Waals surface area contributed by atoms with E-state index in [1.807, 2.05) is 23.6 Å². The van der Waals surface area contributed by atoms with Crippen molar-refractivity contribution in [1.29, 1.82) is 0 Å². The van der Waals surface area contributed by atoms with Crippen LogP contribution >= 0.6 is 0 Å². The molecule has 1 atom stereocenters. The zero-order valence-corrected chi connectivity index (χ0v) is 14.8. The van der Waals surface area contributed by atoms with Crippen LogP contribution in [0.1, 0.15) is 13.8 Å². The van der Waals surface area contributed by atoms with E-state index in [2.05, 4.69) is 10.2 Å². The molecule has 3 fully saturated rings. The fraction of sp³-hybridized carbons (Fsp3) is 0.875. The predicted molar refractivity (Wildman–Crippen MR) is 87.7 cm³/mol. The van der Waals surface area contributed by atoms with Gasteiger partial charge >= 0.3 is 6.03 Å². The van der Waals surface area contributed by atoms with Gasteiger partial charge in [0.1, 0.15) is 6.61 Å². The van der Waals surface area contributed by atoms with E-state index >= 15 is 0 Å². The van der Waals surface area contributed by atoms with Crippen LogP contribution in [0.15, 0.2) is 0 Å². The maximum Gasteiger partial charge on any atom is 0.317 e. The van der Waals surface area contributed by atoms with Gasteiger partial charge in [-0.25, -0.2) is 4.79 Å². The molecule has 1 spiro atoms. The highest BCUT2D eigenvalue weighted by Crippen LogP contribution is 2.35. The van der Waals surface area contributed by atoms with Crippen LogP contribution in [-0.4, -0.2) is 104 Å². The lowest BCUT2D eigenvalue weighted by atomic mass is 9.82. The monoisotopic (exact) mass is 340 g/mol. The number of piperazine rings is 1. The van der Waals surface area contributed by atoms with Crippen LogP contribution < -0.4 is 5.32 Å². The fourth-order valence-electron chi connectivity index (χ4n) is 4.03. The summed E-state index contributed by atoms with van der Waals surface area (Å²) in [5.41, 5.74) is -0.148. The summed E-state index contributed by atoms with van der Waals surface area (Å²) in [7, 11) is 1.54. The molecule has 8 nitrogen and oxygen atoms in total. The Morgan fingerprint density at radius 3 is 2.67 bits per heavy atom. The Hall–Kier alpha value is -1.38. The molecular weight excluding hydrogens is 312 g/mol. The largest absolute Gasteiger partial charge is 0.378 e. The molecule has 0 aliphatic carbocycles. The van der Waals surface area contributed by atoms with Crippen molar-refractivity contribution in [2.45, 2.75) is 31.5 Å². The Morgan fingerprint density at radius 2 is 2.00 bits per heavy atom. The minimum absolute atomic E-state index is 0.00665. The van der Waals surface area contributed by atoms with Crippen LogP contribution in [-0.2, 0) is 14.3 Å². The van der Waals surface area contributed by atoms with E-state index < -0.39 is 0 Å². The van der Waals surface area contributed by atoms with E-state index in [0.29, 0.717) is 39.4 Å². The highest BCUT2D eigenvalue weighted by atomic mass is 16.5. The number of amides is 3. The molecule has 0 aromatic carbocycles. The normalized spacial score (nSPS) is 26.2. The number of hydrogen-bond donors (Lipinski definition) is 1. The molecule has 3 heterocycles. The first-order valence-electron chi connectivity index (χ1n) is 8.62. The lowest BCUT2D eigenvalue weighted by Crippen LogP contribution is -2.82. The average molecular weight is 340 g/mol. The topological polar surface area (TPSA) is 74.3 Å². The number of nitrogens with zero attached hydrogens (tertiary/aromatic N) is 3. The number of nitrogens with one attached hydrogen (secondary N) is 1. The van der Waals surface area contributed by atoms with Gasteiger partial charge in [-0.1, -0.05) is 0 Å². The molecule has 1 unspecified atom stereocenters. The molecule has 136 valence electrons. The molecule has 0 aromatic heterocycles. The number of likely N-dealkylation sites (tertiary alicyclic amines) is 1. The van der Waals surface area contributed by atoms with Crippen LogP contribution in [0, 0.1) is 0 Å². The third kappa shape index (κ3) is 3.22. The summed E-state index contributed by atoms with van der Waals surface area (Å²) in [6, 6.07) is 0.292. The first-order valence-corrected chi connectivity index (χ1v) is 8.62. The Kier molecular flexibility index (Phi) is 4.98. The molecule has 3 aliphatic heterocycles.